The Morgan fingerprint density at radius 3 is 2.34 bits per heavy atom. The zero-order chi connectivity index (χ0) is 25.0. The molecule has 0 aliphatic heterocycles. The average molecular weight is 539 g/mol. The number of ether oxygens (including phenoxy) is 3. The van der Waals surface area contributed by atoms with Gasteiger partial charge in [0.15, 0.2) is 6.61 Å². The van der Waals surface area contributed by atoms with Gasteiger partial charge in [-0.1, -0.05) is 47.0 Å². The number of amides is 1. The van der Waals surface area contributed by atoms with Crippen LogP contribution in [-0.2, 0) is 4.79 Å². The van der Waals surface area contributed by atoms with Gasteiger partial charge >= 0.3 is 5.97 Å². The Morgan fingerprint density at radius 2 is 1.66 bits per heavy atom. The third-order valence-corrected chi connectivity index (χ3v) is 5.31. The van der Waals surface area contributed by atoms with Gasteiger partial charge in [0.25, 0.3) is 5.91 Å². The topological polar surface area (TPSA) is 86.2 Å². The standard InChI is InChI=1S/C27H27BrN2O5/c1-3-4-15-33-23-10-12-24(13-11-23)34-18-26(31)30-29-17-21-16-22(28)9-14-25(21)35-27(32)20-7-5-19(2)6-8-20/h5-14,16-17H,3-4,15,18H2,1-2H3,(H,30,31). The second-order valence-electron chi connectivity index (χ2n) is 7.69. The second-order valence-corrected chi connectivity index (χ2v) is 8.61. The SMILES string of the molecule is CCCCOc1ccc(OCC(=O)NN=Cc2cc(Br)ccc2OC(=O)c2ccc(C)cc2)cc1. The summed E-state index contributed by atoms with van der Waals surface area (Å²) in [5, 5.41) is 3.97. The van der Waals surface area contributed by atoms with E-state index in [2.05, 4.69) is 33.4 Å². The highest BCUT2D eigenvalue weighted by Gasteiger charge is 2.12. The minimum atomic E-state index is -0.485. The number of nitrogens with zero attached hydrogens (tertiary/aromatic N) is 1. The maximum atomic E-state index is 12.5. The fraction of sp³-hybridized carbons (Fsp3) is 0.222. The van der Waals surface area contributed by atoms with Crippen molar-refractivity contribution in [3.05, 3.63) is 87.9 Å². The van der Waals surface area contributed by atoms with E-state index in [1.807, 2.05) is 19.1 Å². The van der Waals surface area contributed by atoms with Gasteiger partial charge in [0.05, 0.1) is 18.4 Å². The maximum absolute atomic E-state index is 12.5. The van der Waals surface area contributed by atoms with E-state index in [9.17, 15) is 9.59 Å². The lowest BCUT2D eigenvalue weighted by Gasteiger charge is -2.09. The van der Waals surface area contributed by atoms with Crippen molar-refractivity contribution in [2.24, 2.45) is 5.10 Å². The first-order valence-electron chi connectivity index (χ1n) is 11.2. The molecule has 0 aromatic heterocycles. The molecule has 0 heterocycles. The molecule has 1 N–H and O–H groups in total. The van der Waals surface area contributed by atoms with Gasteiger partial charge in [-0.25, -0.2) is 10.2 Å². The molecule has 0 saturated heterocycles. The van der Waals surface area contributed by atoms with Crippen LogP contribution >= 0.6 is 15.9 Å². The van der Waals surface area contributed by atoms with Crippen molar-refractivity contribution in [2.75, 3.05) is 13.2 Å². The number of hydrogen-bond donors (Lipinski definition) is 1. The summed E-state index contributed by atoms with van der Waals surface area (Å²) < 4.78 is 17.4. The van der Waals surface area contributed by atoms with E-state index in [-0.39, 0.29) is 6.61 Å². The number of carbonyl (C=O) groups excluding carboxylic acids is 2. The summed E-state index contributed by atoms with van der Waals surface area (Å²) in [6, 6.07) is 19.3. The van der Waals surface area contributed by atoms with Crippen LogP contribution in [0.5, 0.6) is 17.2 Å². The van der Waals surface area contributed by atoms with Crippen molar-refractivity contribution in [1.82, 2.24) is 5.43 Å². The molecule has 0 unspecified atom stereocenters. The number of esters is 1. The van der Waals surface area contributed by atoms with E-state index < -0.39 is 11.9 Å². The Morgan fingerprint density at radius 1 is 0.971 bits per heavy atom. The van der Waals surface area contributed by atoms with E-state index in [1.54, 1.807) is 54.6 Å². The summed E-state index contributed by atoms with van der Waals surface area (Å²) in [5.74, 6) is 0.699. The van der Waals surface area contributed by atoms with E-state index >= 15 is 0 Å². The Hall–Kier alpha value is -3.65. The largest absolute Gasteiger partial charge is 0.494 e. The molecule has 0 bridgehead atoms. The molecule has 0 aliphatic carbocycles. The molecule has 35 heavy (non-hydrogen) atoms. The summed E-state index contributed by atoms with van der Waals surface area (Å²) in [6.07, 6.45) is 3.47. The van der Waals surface area contributed by atoms with Crippen molar-refractivity contribution >= 4 is 34.0 Å². The van der Waals surface area contributed by atoms with Crippen LogP contribution in [0.2, 0.25) is 0 Å². The molecule has 0 radical (unpaired) electrons. The molecule has 0 atom stereocenters. The fourth-order valence-corrected chi connectivity index (χ4v) is 3.26. The van der Waals surface area contributed by atoms with Gasteiger partial charge in [0.2, 0.25) is 0 Å². The van der Waals surface area contributed by atoms with E-state index in [1.165, 1.54) is 6.21 Å². The Bertz CT molecular complexity index is 1160. The van der Waals surface area contributed by atoms with Crippen LogP contribution in [0.15, 0.2) is 76.3 Å². The van der Waals surface area contributed by atoms with Crippen LogP contribution in [0.3, 0.4) is 0 Å². The van der Waals surface area contributed by atoms with Crippen molar-refractivity contribution in [2.45, 2.75) is 26.7 Å². The second kappa shape index (κ2) is 13.3. The molecular formula is C27H27BrN2O5. The van der Waals surface area contributed by atoms with Crippen LogP contribution < -0.4 is 19.6 Å². The zero-order valence-corrected chi connectivity index (χ0v) is 21.2. The fourth-order valence-electron chi connectivity index (χ4n) is 2.88. The highest BCUT2D eigenvalue weighted by molar-refractivity contribution is 9.10. The smallest absolute Gasteiger partial charge is 0.343 e. The van der Waals surface area contributed by atoms with Gasteiger partial charge in [-0.3, -0.25) is 4.79 Å². The van der Waals surface area contributed by atoms with Crippen molar-refractivity contribution < 1.29 is 23.8 Å². The third kappa shape index (κ3) is 8.57. The van der Waals surface area contributed by atoms with Gasteiger partial charge < -0.3 is 14.2 Å². The summed E-state index contributed by atoms with van der Waals surface area (Å²) in [4.78, 5) is 24.6. The molecule has 182 valence electrons. The number of carbonyl (C=O) groups is 2. The van der Waals surface area contributed by atoms with Gasteiger partial charge in [0.1, 0.15) is 17.2 Å². The molecule has 0 fully saturated rings. The number of aryl methyl sites for hydroxylation is 1. The molecule has 0 aliphatic rings. The summed E-state index contributed by atoms with van der Waals surface area (Å²) >= 11 is 3.39. The normalized spacial score (nSPS) is 10.7. The van der Waals surface area contributed by atoms with Gasteiger partial charge in [0, 0.05) is 10.0 Å². The van der Waals surface area contributed by atoms with Crippen LogP contribution in [0.1, 0.15) is 41.3 Å². The van der Waals surface area contributed by atoms with Gasteiger partial charge in [-0.05, 0) is 67.9 Å². The first kappa shape index (κ1) is 26.0. The predicted octanol–water partition coefficient (Wildman–Crippen LogP) is 5.68. The van der Waals surface area contributed by atoms with Gasteiger partial charge in [-0.15, -0.1) is 0 Å². The lowest BCUT2D eigenvalue weighted by atomic mass is 10.1. The third-order valence-electron chi connectivity index (χ3n) is 4.81. The zero-order valence-electron chi connectivity index (χ0n) is 19.6. The molecule has 0 spiro atoms. The van der Waals surface area contributed by atoms with Crippen molar-refractivity contribution in [1.29, 1.82) is 0 Å². The Labute approximate surface area is 213 Å². The number of hydrazone groups is 1. The van der Waals surface area contributed by atoms with Crippen LogP contribution in [0.4, 0.5) is 0 Å². The van der Waals surface area contributed by atoms with E-state index in [4.69, 9.17) is 14.2 Å². The number of unbranched alkanes of at least 4 members (excludes halogenated alkanes) is 1. The number of hydrogen-bond acceptors (Lipinski definition) is 6. The van der Waals surface area contributed by atoms with Crippen molar-refractivity contribution in [3.8, 4) is 17.2 Å². The highest BCUT2D eigenvalue weighted by Crippen LogP contribution is 2.23. The highest BCUT2D eigenvalue weighted by atomic mass is 79.9. The lowest BCUT2D eigenvalue weighted by Crippen LogP contribution is -2.24. The lowest BCUT2D eigenvalue weighted by molar-refractivity contribution is -0.123. The first-order chi connectivity index (χ1) is 16.9. The Kier molecular flexibility index (Phi) is 9.86. The Balaban J connectivity index is 1.53. The summed E-state index contributed by atoms with van der Waals surface area (Å²) in [5.41, 5.74) is 4.41. The number of nitrogens with one attached hydrogen (secondary N) is 1. The molecule has 1 amide bonds. The minimum absolute atomic E-state index is 0.207. The maximum Gasteiger partial charge on any atom is 0.343 e. The quantitative estimate of drug-likeness (QED) is 0.111. The average Bonchev–Trinajstić information content (AvgIpc) is 2.85. The van der Waals surface area contributed by atoms with Crippen LogP contribution in [0.25, 0.3) is 0 Å². The summed E-state index contributed by atoms with van der Waals surface area (Å²) in [6.45, 7) is 4.51. The molecule has 7 nitrogen and oxygen atoms in total. The molecule has 3 aromatic rings. The molecule has 8 heteroatoms. The monoisotopic (exact) mass is 538 g/mol. The van der Waals surface area contributed by atoms with Crippen LogP contribution in [-0.4, -0.2) is 31.3 Å². The molecule has 3 rings (SSSR count). The number of benzene rings is 3. The minimum Gasteiger partial charge on any atom is -0.494 e. The van der Waals surface area contributed by atoms with Crippen LogP contribution in [0, 0.1) is 6.92 Å². The number of rotatable bonds is 11. The van der Waals surface area contributed by atoms with E-state index in [0.29, 0.717) is 29.2 Å². The van der Waals surface area contributed by atoms with Crippen molar-refractivity contribution in [3.63, 3.8) is 0 Å². The molecule has 3 aromatic carbocycles. The molecule has 0 saturated carbocycles. The number of halogens is 1. The summed E-state index contributed by atoms with van der Waals surface area (Å²) in [7, 11) is 0. The predicted molar refractivity (Wildman–Crippen MR) is 138 cm³/mol. The molecular weight excluding hydrogens is 512 g/mol. The first-order valence-corrected chi connectivity index (χ1v) is 12.0. The van der Waals surface area contributed by atoms with E-state index in [0.717, 1.165) is 28.6 Å². The van der Waals surface area contributed by atoms with Gasteiger partial charge in [-0.2, -0.15) is 5.10 Å².